The van der Waals surface area contributed by atoms with Gasteiger partial charge in [-0.2, -0.15) is 13.2 Å². The number of aromatic amines is 1. The third-order valence-corrected chi connectivity index (χ3v) is 4.92. The van der Waals surface area contributed by atoms with Gasteiger partial charge < -0.3 is 9.72 Å². The number of benzene rings is 2. The van der Waals surface area contributed by atoms with E-state index in [0.717, 1.165) is 33.0 Å². The maximum Gasteiger partial charge on any atom is 0.416 e. The highest BCUT2D eigenvalue weighted by Crippen LogP contribution is 2.32. The van der Waals surface area contributed by atoms with Gasteiger partial charge in [0.05, 0.1) is 16.6 Å². The van der Waals surface area contributed by atoms with Gasteiger partial charge in [-0.05, 0) is 48.5 Å². The maximum atomic E-state index is 12.8. The molecule has 142 valence electrons. The van der Waals surface area contributed by atoms with Gasteiger partial charge in [-0.25, -0.2) is 4.98 Å². The smallest absolute Gasteiger partial charge is 0.416 e. The quantitative estimate of drug-likeness (QED) is 0.466. The Balaban J connectivity index is 1.48. The lowest BCUT2D eigenvalue weighted by molar-refractivity contribution is -0.137. The minimum Gasteiger partial charge on any atom is -0.486 e. The number of pyridine rings is 1. The molecule has 0 saturated carbocycles. The van der Waals surface area contributed by atoms with Crippen LogP contribution in [0.1, 0.15) is 11.4 Å². The van der Waals surface area contributed by atoms with Crippen molar-refractivity contribution in [3.63, 3.8) is 0 Å². The second-order valence-corrected chi connectivity index (χ2v) is 7.11. The zero-order chi connectivity index (χ0) is 19.6. The van der Waals surface area contributed by atoms with Crippen LogP contribution in [0.15, 0.2) is 76.8 Å². The largest absolute Gasteiger partial charge is 0.486 e. The van der Waals surface area contributed by atoms with Crippen molar-refractivity contribution < 1.29 is 17.9 Å². The molecule has 28 heavy (non-hydrogen) atoms. The monoisotopic (exact) mass is 401 g/mol. The number of alkyl halides is 3. The summed E-state index contributed by atoms with van der Waals surface area (Å²) in [6.45, 7) is 0.0445. The highest BCUT2D eigenvalue weighted by atomic mass is 32.2. The molecule has 0 spiro atoms. The Morgan fingerprint density at radius 3 is 2.57 bits per heavy atom. The van der Waals surface area contributed by atoms with Gasteiger partial charge in [0.1, 0.15) is 18.2 Å². The van der Waals surface area contributed by atoms with Crippen LogP contribution in [0, 0.1) is 0 Å². The van der Waals surface area contributed by atoms with Gasteiger partial charge in [0.15, 0.2) is 0 Å². The highest BCUT2D eigenvalue weighted by molar-refractivity contribution is 7.99. The number of halogens is 3. The summed E-state index contributed by atoms with van der Waals surface area (Å²) < 4.78 is 43.8. The second-order valence-electron chi connectivity index (χ2n) is 5.96. The van der Waals surface area contributed by atoms with Crippen LogP contribution in [0.3, 0.4) is 0 Å². The molecule has 0 aliphatic rings. The molecule has 0 bridgehead atoms. The van der Waals surface area contributed by atoms with Crippen LogP contribution in [0.5, 0.6) is 5.75 Å². The predicted molar refractivity (Wildman–Crippen MR) is 100 cm³/mol. The van der Waals surface area contributed by atoms with Gasteiger partial charge in [-0.3, -0.25) is 4.98 Å². The van der Waals surface area contributed by atoms with Crippen LogP contribution < -0.4 is 4.74 Å². The van der Waals surface area contributed by atoms with E-state index in [1.807, 2.05) is 30.3 Å². The number of rotatable bonds is 5. The van der Waals surface area contributed by atoms with Gasteiger partial charge in [-0.1, -0.05) is 17.8 Å². The molecule has 0 radical (unpaired) electrons. The van der Waals surface area contributed by atoms with E-state index in [1.54, 1.807) is 24.2 Å². The number of nitrogens with zero attached hydrogens (tertiary/aromatic N) is 2. The van der Waals surface area contributed by atoms with Gasteiger partial charge in [-0.15, -0.1) is 0 Å². The van der Waals surface area contributed by atoms with E-state index in [-0.39, 0.29) is 12.4 Å². The molecule has 4 nitrogen and oxygen atoms in total. The summed E-state index contributed by atoms with van der Waals surface area (Å²) in [7, 11) is 0. The molecule has 8 heteroatoms. The lowest BCUT2D eigenvalue weighted by atomic mass is 10.2. The first kappa shape index (κ1) is 18.4. The molecular weight excluding hydrogens is 387 g/mol. The average Bonchev–Trinajstić information content (AvgIpc) is 3.09. The van der Waals surface area contributed by atoms with E-state index < -0.39 is 11.7 Å². The number of hydrogen-bond donors (Lipinski definition) is 1. The molecule has 2 aromatic carbocycles. The van der Waals surface area contributed by atoms with Crippen molar-refractivity contribution in [2.24, 2.45) is 0 Å². The zero-order valence-electron chi connectivity index (χ0n) is 14.4. The number of aromatic nitrogens is 3. The highest BCUT2D eigenvalue weighted by Gasteiger charge is 2.30. The molecule has 2 aromatic heterocycles. The van der Waals surface area contributed by atoms with Gasteiger partial charge in [0, 0.05) is 22.2 Å². The second kappa shape index (κ2) is 7.55. The molecular formula is C20H14F3N3OS. The van der Waals surface area contributed by atoms with Crippen molar-refractivity contribution in [2.75, 3.05) is 0 Å². The summed E-state index contributed by atoms with van der Waals surface area (Å²) in [6.07, 6.45) is -0.932. The first-order chi connectivity index (χ1) is 13.5. The Hall–Kier alpha value is -3.00. The van der Waals surface area contributed by atoms with Crippen LogP contribution in [0.4, 0.5) is 13.2 Å². The first-order valence-corrected chi connectivity index (χ1v) is 9.16. The lowest BCUT2D eigenvalue weighted by Crippen LogP contribution is -2.05. The Bertz CT molecular complexity index is 1100. The molecule has 0 unspecified atom stereocenters. The molecule has 0 atom stereocenters. The summed E-state index contributed by atoms with van der Waals surface area (Å²) >= 11 is 1.59. The van der Waals surface area contributed by atoms with Crippen molar-refractivity contribution in [3.05, 3.63) is 78.4 Å². The van der Waals surface area contributed by atoms with E-state index in [4.69, 9.17) is 4.74 Å². The fourth-order valence-electron chi connectivity index (χ4n) is 2.63. The molecule has 4 aromatic rings. The van der Waals surface area contributed by atoms with Crippen LogP contribution in [0.25, 0.3) is 11.0 Å². The molecule has 0 saturated heterocycles. The fourth-order valence-corrected chi connectivity index (χ4v) is 3.46. The molecule has 0 aliphatic carbocycles. The topological polar surface area (TPSA) is 50.8 Å². The number of nitrogens with one attached hydrogen (secondary N) is 1. The van der Waals surface area contributed by atoms with Gasteiger partial charge >= 0.3 is 6.18 Å². The Labute approximate surface area is 162 Å². The predicted octanol–water partition coefficient (Wildman–Crippen LogP) is 5.71. The van der Waals surface area contributed by atoms with Crippen molar-refractivity contribution in [1.29, 1.82) is 0 Å². The summed E-state index contributed by atoms with van der Waals surface area (Å²) in [5, 5.41) is 0. The molecule has 0 aliphatic heterocycles. The van der Waals surface area contributed by atoms with Crippen molar-refractivity contribution in [1.82, 2.24) is 15.0 Å². The standard InChI is InChI=1S/C20H14F3N3OS/c21-20(22,23)13-2-1-3-14(10-13)27-12-19-25-17-5-4-16(11-18(17)26-19)28-15-6-8-24-9-7-15/h1-11H,12H2,(H,25,26). The molecule has 2 heterocycles. The zero-order valence-corrected chi connectivity index (χ0v) is 15.2. The van der Waals surface area contributed by atoms with Crippen LogP contribution in [-0.2, 0) is 12.8 Å². The number of H-pyrrole nitrogens is 1. The van der Waals surface area contributed by atoms with Crippen LogP contribution >= 0.6 is 11.8 Å². The van der Waals surface area contributed by atoms with Crippen molar-refractivity contribution in [3.8, 4) is 5.75 Å². The summed E-state index contributed by atoms with van der Waals surface area (Å²) in [6, 6.07) is 14.5. The minimum atomic E-state index is -4.40. The summed E-state index contributed by atoms with van der Waals surface area (Å²) in [5.41, 5.74) is 0.857. The third kappa shape index (κ3) is 4.28. The van der Waals surface area contributed by atoms with E-state index in [9.17, 15) is 13.2 Å². The minimum absolute atomic E-state index is 0.0445. The van der Waals surface area contributed by atoms with Crippen LogP contribution in [-0.4, -0.2) is 15.0 Å². The number of fused-ring (bicyclic) bond motifs is 1. The average molecular weight is 401 g/mol. The van der Waals surface area contributed by atoms with E-state index in [1.165, 1.54) is 12.1 Å². The normalized spacial score (nSPS) is 11.7. The maximum absolute atomic E-state index is 12.8. The van der Waals surface area contributed by atoms with Gasteiger partial charge in [0.25, 0.3) is 0 Å². The molecule has 4 rings (SSSR count). The fraction of sp³-hybridized carbons (Fsp3) is 0.100. The van der Waals surface area contributed by atoms with E-state index >= 15 is 0 Å². The van der Waals surface area contributed by atoms with Crippen molar-refractivity contribution in [2.45, 2.75) is 22.6 Å². The van der Waals surface area contributed by atoms with Crippen molar-refractivity contribution >= 4 is 22.8 Å². The van der Waals surface area contributed by atoms with Gasteiger partial charge in [0.2, 0.25) is 0 Å². The van der Waals surface area contributed by atoms with Crippen LogP contribution in [0.2, 0.25) is 0 Å². The lowest BCUT2D eigenvalue weighted by Gasteiger charge is -2.09. The Morgan fingerprint density at radius 1 is 0.964 bits per heavy atom. The first-order valence-electron chi connectivity index (χ1n) is 8.34. The third-order valence-electron chi connectivity index (χ3n) is 3.93. The summed E-state index contributed by atoms with van der Waals surface area (Å²) in [4.78, 5) is 13.7. The number of ether oxygens (including phenoxy) is 1. The summed E-state index contributed by atoms with van der Waals surface area (Å²) in [5.74, 6) is 0.683. The molecule has 0 fully saturated rings. The number of imidazole rings is 1. The SMILES string of the molecule is FC(F)(F)c1cccc(OCc2nc3cc(Sc4ccncc4)ccc3[nH]2)c1. The van der Waals surface area contributed by atoms with E-state index in [0.29, 0.717) is 5.82 Å². The number of hydrogen-bond acceptors (Lipinski definition) is 4. The Morgan fingerprint density at radius 2 is 1.79 bits per heavy atom. The molecule has 1 N–H and O–H groups in total. The Kier molecular flexibility index (Phi) is 4.95. The molecule has 0 amide bonds. The van der Waals surface area contributed by atoms with E-state index in [2.05, 4.69) is 15.0 Å².